The number of rotatable bonds is 3. The number of ether oxygens (including phenoxy) is 3. The molecule has 1 spiro atoms. The van der Waals surface area contributed by atoms with Crippen molar-refractivity contribution in [1.82, 2.24) is 19.7 Å². The fraction of sp³-hybridized carbons (Fsp3) is 0.375. The highest BCUT2D eigenvalue weighted by atomic mass is 79.9. The second-order valence-corrected chi connectivity index (χ2v) is 9.53. The van der Waals surface area contributed by atoms with Crippen molar-refractivity contribution >= 4 is 15.9 Å². The summed E-state index contributed by atoms with van der Waals surface area (Å²) in [5.41, 5.74) is 2.25. The molecular formula is C24H23BrN4O3. The lowest BCUT2D eigenvalue weighted by Crippen LogP contribution is -2.35. The van der Waals surface area contributed by atoms with Gasteiger partial charge in [0.05, 0.1) is 18.5 Å². The number of nitrogens with zero attached hydrogens (tertiary/aromatic N) is 4. The summed E-state index contributed by atoms with van der Waals surface area (Å²) in [5, 5.41) is 9.26. The molecule has 1 aromatic carbocycles. The first-order chi connectivity index (χ1) is 15.7. The van der Waals surface area contributed by atoms with E-state index in [1.54, 1.807) is 18.7 Å². The fourth-order valence-corrected chi connectivity index (χ4v) is 5.41. The number of hydrogen-bond acceptors (Lipinski definition) is 6. The minimum atomic E-state index is -0.762. The van der Waals surface area contributed by atoms with Crippen LogP contribution in [0.5, 0.6) is 5.88 Å². The first kappa shape index (κ1) is 19.8. The average Bonchev–Trinajstić information content (AvgIpc) is 3.40. The monoisotopic (exact) mass is 494 g/mol. The van der Waals surface area contributed by atoms with E-state index in [-0.39, 0.29) is 6.10 Å². The van der Waals surface area contributed by atoms with Crippen molar-refractivity contribution in [3.8, 4) is 11.6 Å². The van der Waals surface area contributed by atoms with Gasteiger partial charge in [-0.15, -0.1) is 10.2 Å². The number of benzene rings is 1. The lowest BCUT2D eigenvalue weighted by molar-refractivity contribution is -0.139. The predicted molar refractivity (Wildman–Crippen MR) is 120 cm³/mol. The zero-order chi connectivity index (χ0) is 21.5. The van der Waals surface area contributed by atoms with Crippen LogP contribution in [0.3, 0.4) is 0 Å². The maximum atomic E-state index is 6.09. The molecule has 3 aliphatic rings. The van der Waals surface area contributed by atoms with E-state index in [4.69, 9.17) is 14.2 Å². The molecule has 7 nitrogen and oxygen atoms in total. The second kappa shape index (κ2) is 7.92. The van der Waals surface area contributed by atoms with Gasteiger partial charge in [0, 0.05) is 22.7 Å². The zero-order valence-electron chi connectivity index (χ0n) is 17.5. The quantitative estimate of drug-likeness (QED) is 0.518. The van der Waals surface area contributed by atoms with E-state index < -0.39 is 5.79 Å². The Bertz CT molecular complexity index is 1150. The van der Waals surface area contributed by atoms with Gasteiger partial charge in [-0.2, -0.15) is 0 Å². The molecule has 8 heteroatoms. The molecule has 32 heavy (non-hydrogen) atoms. The van der Waals surface area contributed by atoms with Crippen LogP contribution in [0.25, 0.3) is 5.69 Å². The molecule has 1 fully saturated rings. The first-order valence-electron chi connectivity index (χ1n) is 11.0. The van der Waals surface area contributed by atoms with Crippen LogP contribution < -0.4 is 4.74 Å². The molecule has 0 unspecified atom stereocenters. The number of halogens is 1. The molecule has 0 saturated heterocycles. The summed E-state index contributed by atoms with van der Waals surface area (Å²) in [6.45, 7) is 0. The van der Waals surface area contributed by atoms with E-state index in [1.807, 2.05) is 18.2 Å². The van der Waals surface area contributed by atoms with Gasteiger partial charge in [0.2, 0.25) is 5.88 Å². The molecular weight excluding hydrogens is 472 g/mol. The van der Waals surface area contributed by atoms with E-state index >= 15 is 0 Å². The Balaban J connectivity index is 1.28. The van der Waals surface area contributed by atoms with E-state index in [2.05, 4.69) is 53.9 Å². The fourth-order valence-electron chi connectivity index (χ4n) is 5.00. The van der Waals surface area contributed by atoms with Crippen molar-refractivity contribution in [3.63, 3.8) is 0 Å². The van der Waals surface area contributed by atoms with Crippen LogP contribution in [0.2, 0.25) is 0 Å². The summed E-state index contributed by atoms with van der Waals surface area (Å²) in [6.07, 6.45) is 10.3. The summed E-state index contributed by atoms with van der Waals surface area (Å²) in [7, 11) is 0. The van der Waals surface area contributed by atoms with Gasteiger partial charge in [0.15, 0.2) is 0 Å². The van der Waals surface area contributed by atoms with Crippen LogP contribution in [0.4, 0.5) is 0 Å². The standard InChI is InChI=1S/C24H23BrN4O3/c25-18-6-9-20-17(13-18)14-24(30-11-12-31-24)15-21-27-28-23(29(20)21)16-4-7-19(8-5-16)32-22-3-1-2-10-26-22/h1-3,6,9-13,16,19H,4-5,7-8,14-15H2. The number of fused-ring (bicyclic) bond motifs is 3. The predicted octanol–water partition coefficient (Wildman–Crippen LogP) is 4.84. The maximum Gasteiger partial charge on any atom is 0.260 e. The van der Waals surface area contributed by atoms with Crippen molar-refractivity contribution in [2.75, 3.05) is 0 Å². The topological polar surface area (TPSA) is 71.3 Å². The Hall–Kier alpha value is -2.87. The second-order valence-electron chi connectivity index (χ2n) is 8.61. The Morgan fingerprint density at radius 2 is 1.84 bits per heavy atom. The van der Waals surface area contributed by atoms with Gasteiger partial charge < -0.3 is 14.2 Å². The number of aromatic nitrogens is 4. The third-order valence-electron chi connectivity index (χ3n) is 6.51. The summed E-state index contributed by atoms with van der Waals surface area (Å²) in [4.78, 5) is 4.30. The van der Waals surface area contributed by atoms with Gasteiger partial charge in [-0.3, -0.25) is 4.57 Å². The van der Waals surface area contributed by atoms with E-state index in [0.29, 0.717) is 24.6 Å². The average molecular weight is 495 g/mol. The Morgan fingerprint density at radius 1 is 1.00 bits per heavy atom. The SMILES string of the molecule is Brc1ccc2c(c1)CC1(Cc3nnc(C4CCC(Oc5ccccn5)CC4)n3-2)OC=CO1. The van der Waals surface area contributed by atoms with E-state index in [9.17, 15) is 0 Å². The van der Waals surface area contributed by atoms with Crippen molar-refractivity contribution in [2.24, 2.45) is 0 Å². The molecule has 164 valence electrons. The highest BCUT2D eigenvalue weighted by molar-refractivity contribution is 9.10. The van der Waals surface area contributed by atoms with Gasteiger partial charge in [0.25, 0.3) is 5.79 Å². The minimum Gasteiger partial charge on any atom is -0.474 e. The van der Waals surface area contributed by atoms with Crippen molar-refractivity contribution in [2.45, 2.75) is 56.3 Å². The zero-order valence-corrected chi connectivity index (χ0v) is 19.1. The smallest absolute Gasteiger partial charge is 0.260 e. The summed E-state index contributed by atoms with van der Waals surface area (Å²) < 4.78 is 21.2. The van der Waals surface area contributed by atoms with Gasteiger partial charge >= 0.3 is 0 Å². The minimum absolute atomic E-state index is 0.186. The molecule has 4 heterocycles. The molecule has 1 aliphatic carbocycles. The normalized spacial score (nSPS) is 23.0. The molecule has 0 radical (unpaired) electrons. The highest BCUT2D eigenvalue weighted by Gasteiger charge is 2.42. The van der Waals surface area contributed by atoms with Crippen LogP contribution in [0.15, 0.2) is 59.6 Å². The molecule has 3 aromatic rings. The van der Waals surface area contributed by atoms with Crippen LogP contribution >= 0.6 is 15.9 Å². The summed E-state index contributed by atoms with van der Waals surface area (Å²) in [6, 6.07) is 12.1. The number of pyridine rings is 1. The van der Waals surface area contributed by atoms with Crippen LogP contribution in [-0.4, -0.2) is 31.6 Å². The van der Waals surface area contributed by atoms with E-state index in [0.717, 1.165) is 53.1 Å². The molecule has 2 aliphatic heterocycles. The summed E-state index contributed by atoms with van der Waals surface area (Å²) >= 11 is 3.62. The lowest BCUT2D eigenvalue weighted by atomic mass is 9.86. The molecule has 6 rings (SSSR count). The maximum absolute atomic E-state index is 6.09. The Morgan fingerprint density at radius 3 is 2.62 bits per heavy atom. The molecule has 1 saturated carbocycles. The number of hydrogen-bond donors (Lipinski definition) is 0. The Kier molecular flexibility index (Phi) is 4.90. The van der Waals surface area contributed by atoms with E-state index in [1.165, 1.54) is 0 Å². The van der Waals surface area contributed by atoms with Crippen LogP contribution in [0, 0.1) is 0 Å². The van der Waals surface area contributed by atoms with Crippen LogP contribution in [-0.2, 0) is 22.3 Å². The largest absolute Gasteiger partial charge is 0.474 e. The highest BCUT2D eigenvalue weighted by Crippen LogP contribution is 2.40. The van der Waals surface area contributed by atoms with Crippen molar-refractivity contribution in [1.29, 1.82) is 0 Å². The molecule has 0 bridgehead atoms. The van der Waals surface area contributed by atoms with Gasteiger partial charge in [-0.05, 0) is 55.5 Å². The molecule has 0 N–H and O–H groups in total. The third-order valence-corrected chi connectivity index (χ3v) is 7.00. The van der Waals surface area contributed by atoms with Crippen LogP contribution in [0.1, 0.15) is 48.8 Å². The van der Waals surface area contributed by atoms with Gasteiger partial charge in [-0.25, -0.2) is 4.98 Å². The molecule has 0 amide bonds. The lowest BCUT2D eigenvalue weighted by Gasteiger charge is -2.28. The van der Waals surface area contributed by atoms with Crippen molar-refractivity contribution in [3.05, 3.63) is 76.8 Å². The first-order valence-corrected chi connectivity index (χ1v) is 11.8. The third kappa shape index (κ3) is 3.56. The van der Waals surface area contributed by atoms with Gasteiger partial charge in [0.1, 0.15) is 30.3 Å². The molecule has 2 aromatic heterocycles. The van der Waals surface area contributed by atoms with Gasteiger partial charge in [-0.1, -0.05) is 22.0 Å². The molecule has 0 atom stereocenters. The summed E-state index contributed by atoms with van der Waals surface area (Å²) in [5.74, 6) is 2.15. The van der Waals surface area contributed by atoms with Crippen molar-refractivity contribution < 1.29 is 14.2 Å². The Labute approximate surface area is 194 Å².